The summed E-state index contributed by atoms with van der Waals surface area (Å²) in [6.07, 6.45) is 0.827. The molecule has 0 spiro atoms. The van der Waals surface area contributed by atoms with E-state index in [0.29, 0.717) is 16.5 Å². The summed E-state index contributed by atoms with van der Waals surface area (Å²) in [5, 5.41) is 0.599. The molecule has 0 aliphatic heterocycles. The summed E-state index contributed by atoms with van der Waals surface area (Å²) in [4.78, 5) is 10.9. The minimum absolute atomic E-state index is 0.383. The van der Waals surface area contributed by atoms with E-state index in [1.54, 1.807) is 18.2 Å². The zero-order valence-electron chi connectivity index (χ0n) is 6.29. The van der Waals surface area contributed by atoms with Crippen LogP contribution in [0.1, 0.15) is 0 Å². The molecule has 2 nitrogen and oxygen atoms in total. The second-order valence-corrected chi connectivity index (χ2v) is 3.57. The van der Waals surface area contributed by atoms with Crippen molar-refractivity contribution in [1.29, 1.82) is 0 Å². The Kier molecular flexibility index (Phi) is 3.44. The van der Waals surface area contributed by atoms with Crippen molar-refractivity contribution in [2.75, 3.05) is 11.5 Å². The van der Waals surface area contributed by atoms with Crippen LogP contribution >= 0.6 is 23.4 Å². The van der Waals surface area contributed by atoms with Crippen molar-refractivity contribution in [2.45, 2.75) is 4.90 Å². The van der Waals surface area contributed by atoms with E-state index >= 15 is 0 Å². The van der Waals surface area contributed by atoms with E-state index in [1.165, 1.54) is 11.8 Å². The Bertz CT molecular complexity index is 270. The number of benzene rings is 1. The van der Waals surface area contributed by atoms with Gasteiger partial charge in [0.25, 0.3) is 0 Å². The molecule has 1 aromatic carbocycles. The first kappa shape index (κ1) is 9.42. The topological polar surface area (TPSA) is 43.1 Å². The third-order valence-corrected chi connectivity index (χ3v) is 2.77. The molecule has 0 saturated carbocycles. The van der Waals surface area contributed by atoms with Crippen molar-refractivity contribution in [2.24, 2.45) is 0 Å². The van der Waals surface area contributed by atoms with Gasteiger partial charge in [0.2, 0.25) is 0 Å². The van der Waals surface area contributed by atoms with E-state index in [0.717, 1.165) is 11.2 Å². The standard InChI is InChI=1S/C8H8ClNOS/c9-6-2-1-3-7(10)8(6)12-5-4-11/h1-4H,5,10H2. The largest absolute Gasteiger partial charge is 0.398 e. The first-order valence-corrected chi connectivity index (χ1v) is 4.72. The highest BCUT2D eigenvalue weighted by Gasteiger charge is 2.03. The Labute approximate surface area is 80.1 Å². The van der Waals surface area contributed by atoms with Gasteiger partial charge in [-0.1, -0.05) is 17.7 Å². The lowest BCUT2D eigenvalue weighted by Gasteiger charge is -2.04. The van der Waals surface area contributed by atoms with Gasteiger partial charge in [-0.05, 0) is 12.1 Å². The van der Waals surface area contributed by atoms with Crippen molar-refractivity contribution in [3.8, 4) is 0 Å². The molecule has 0 fully saturated rings. The Morgan fingerprint density at radius 1 is 1.58 bits per heavy atom. The highest BCUT2D eigenvalue weighted by atomic mass is 35.5. The summed E-state index contributed by atoms with van der Waals surface area (Å²) in [6, 6.07) is 5.30. The lowest BCUT2D eigenvalue weighted by atomic mass is 10.3. The van der Waals surface area contributed by atoms with Crippen molar-refractivity contribution in [3.63, 3.8) is 0 Å². The molecule has 4 heteroatoms. The first-order chi connectivity index (χ1) is 5.75. The van der Waals surface area contributed by atoms with Crippen molar-refractivity contribution in [1.82, 2.24) is 0 Å². The van der Waals surface area contributed by atoms with Crippen LogP contribution in [-0.2, 0) is 4.79 Å². The van der Waals surface area contributed by atoms with Gasteiger partial charge in [0.15, 0.2) is 0 Å². The molecule has 0 aromatic heterocycles. The van der Waals surface area contributed by atoms with Crippen LogP contribution in [0.5, 0.6) is 0 Å². The fourth-order valence-corrected chi connectivity index (χ4v) is 1.82. The molecule has 64 valence electrons. The van der Waals surface area contributed by atoms with Crippen molar-refractivity contribution in [3.05, 3.63) is 23.2 Å². The van der Waals surface area contributed by atoms with E-state index < -0.39 is 0 Å². The van der Waals surface area contributed by atoms with Gasteiger partial charge in [-0.25, -0.2) is 0 Å². The molecule has 0 atom stereocenters. The summed E-state index contributed by atoms with van der Waals surface area (Å²) in [5.74, 6) is 0.383. The van der Waals surface area contributed by atoms with Crippen LogP contribution in [0.2, 0.25) is 5.02 Å². The maximum Gasteiger partial charge on any atom is 0.130 e. The summed E-state index contributed by atoms with van der Waals surface area (Å²) < 4.78 is 0. The molecule has 0 heterocycles. The number of nitrogens with two attached hydrogens (primary N) is 1. The fourth-order valence-electron chi connectivity index (χ4n) is 0.795. The number of anilines is 1. The number of carbonyl (C=O) groups is 1. The summed E-state index contributed by atoms with van der Waals surface area (Å²) >= 11 is 7.20. The molecule has 2 N–H and O–H groups in total. The van der Waals surface area contributed by atoms with Crippen molar-refractivity contribution < 1.29 is 4.79 Å². The average molecular weight is 202 g/mol. The lowest BCUT2D eigenvalue weighted by molar-refractivity contribution is -0.105. The highest BCUT2D eigenvalue weighted by Crippen LogP contribution is 2.31. The zero-order chi connectivity index (χ0) is 8.97. The first-order valence-electron chi connectivity index (χ1n) is 3.36. The second kappa shape index (κ2) is 4.38. The summed E-state index contributed by atoms with van der Waals surface area (Å²) in [5.41, 5.74) is 6.26. The molecule has 1 aromatic rings. The SMILES string of the molecule is Nc1cccc(Cl)c1SCC=O. The van der Waals surface area contributed by atoms with Crippen LogP contribution in [-0.4, -0.2) is 12.0 Å². The van der Waals surface area contributed by atoms with Gasteiger partial charge in [-0.15, -0.1) is 11.8 Å². The number of rotatable bonds is 3. The van der Waals surface area contributed by atoms with E-state index in [4.69, 9.17) is 17.3 Å². The maximum absolute atomic E-state index is 10.1. The lowest BCUT2D eigenvalue weighted by Crippen LogP contribution is -1.90. The molecule has 0 radical (unpaired) electrons. The molecule has 0 amide bonds. The Morgan fingerprint density at radius 2 is 2.33 bits per heavy atom. The van der Waals surface area contributed by atoms with Crippen LogP contribution in [0.4, 0.5) is 5.69 Å². The molecule has 12 heavy (non-hydrogen) atoms. The molecular formula is C8H8ClNOS. The van der Waals surface area contributed by atoms with Gasteiger partial charge >= 0.3 is 0 Å². The number of nitrogen functional groups attached to an aromatic ring is 1. The Morgan fingerprint density at radius 3 is 2.92 bits per heavy atom. The monoisotopic (exact) mass is 201 g/mol. The molecule has 0 unspecified atom stereocenters. The average Bonchev–Trinajstić information content (AvgIpc) is 2.04. The minimum Gasteiger partial charge on any atom is -0.398 e. The predicted octanol–water partition coefficient (Wildman–Crippen LogP) is 2.21. The minimum atomic E-state index is 0.383. The third-order valence-electron chi connectivity index (χ3n) is 1.29. The second-order valence-electron chi connectivity index (χ2n) is 2.14. The summed E-state index contributed by atoms with van der Waals surface area (Å²) in [7, 11) is 0. The number of thioether (sulfide) groups is 1. The number of aldehydes is 1. The van der Waals surface area contributed by atoms with Gasteiger partial charge in [0, 0.05) is 10.6 Å². The Balaban J connectivity index is 2.88. The number of hydrogen-bond donors (Lipinski definition) is 1. The number of carbonyl (C=O) groups excluding carboxylic acids is 1. The van der Waals surface area contributed by atoms with E-state index in [1.807, 2.05) is 0 Å². The van der Waals surface area contributed by atoms with Gasteiger partial charge in [-0.3, -0.25) is 0 Å². The molecular weight excluding hydrogens is 194 g/mol. The van der Waals surface area contributed by atoms with Crippen LogP contribution in [0.15, 0.2) is 23.1 Å². The molecule has 0 aliphatic carbocycles. The third kappa shape index (κ3) is 2.16. The van der Waals surface area contributed by atoms with Crippen LogP contribution in [0.3, 0.4) is 0 Å². The fraction of sp³-hybridized carbons (Fsp3) is 0.125. The van der Waals surface area contributed by atoms with Gasteiger partial charge in [-0.2, -0.15) is 0 Å². The van der Waals surface area contributed by atoms with Gasteiger partial charge < -0.3 is 10.5 Å². The smallest absolute Gasteiger partial charge is 0.130 e. The van der Waals surface area contributed by atoms with E-state index in [2.05, 4.69) is 0 Å². The molecule has 0 aliphatic rings. The Hall–Kier alpha value is -0.670. The van der Waals surface area contributed by atoms with Crippen LogP contribution in [0, 0.1) is 0 Å². The van der Waals surface area contributed by atoms with Gasteiger partial charge in [0.05, 0.1) is 10.8 Å². The normalized spacial score (nSPS) is 9.75. The molecule has 0 bridgehead atoms. The van der Waals surface area contributed by atoms with Crippen molar-refractivity contribution >= 4 is 35.3 Å². The molecule has 1 rings (SSSR count). The van der Waals surface area contributed by atoms with Crippen LogP contribution < -0.4 is 5.73 Å². The maximum atomic E-state index is 10.1. The molecule has 0 saturated heterocycles. The quantitative estimate of drug-likeness (QED) is 0.463. The highest BCUT2D eigenvalue weighted by molar-refractivity contribution is 8.00. The number of hydrogen-bond acceptors (Lipinski definition) is 3. The van der Waals surface area contributed by atoms with Gasteiger partial charge in [0.1, 0.15) is 6.29 Å². The van der Waals surface area contributed by atoms with E-state index in [-0.39, 0.29) is 0 Å². The zero-order valence-corrected chi connectivity index (χ0v) is 7.86. The summed E-state index contributed by atoms with van der Waals surface area (Å²) in [6.45, 7) is 0. The van der Waals surface area contributed by atoms with E-state index in [9.17, 15) is 4.79 Å². The van der Waals surface area contributed by atoms with Crippen LogP contribution in [0.25, 0.3) is 0 Å². The number of halogens is 1. The predicted molar refractivity (Wildman–Crippen MR) is 52.7 cm³/mol.